The Morgan fingerprint density at radius 3 is 1.48 bits per heavy atom. The molecule has 0 unspecified atom stereocenters. The molecule has 0 aliphatic carbocycles. The summed E-state index contributed by atoms with van der Waals surface area (Å²) in [7, 11) is 4.32. The Balaban J connectivity index is 0.000000172. The smallest absolute Gasteiger partial charge is 0.232 e. The van der Waals surface area contributed by atoms with Gasteiger partial charge < -0.3 is 9.80 Å². The summed E-state index contributed by atoms with van der Waals surface area (Å²) in [5, 5.41) is 1.52. The minimum Gasteiger partial charge on any atom is -0.306 e. The van der Waals surface area contributed by atoms with Crippen molar-refractivity contribution in [2.24, 2.45) is 0 Å². The molecule has 0 saturated carbocycles. The highest BCUT2D eigenvalue weighted by Gasteiger charge is 2.24. The maximum Gasteiger partial charge on any atom is 0.232 e. The van der Waals surface area contributed by atoms with E-state index in [0.29, 0.717) is 24.7 Å². The number of rotatable bonds is 10. The van der Waals surface area contributed by atoms with Crippen molar-refractivity contribution in [3.8, 4) is 0 Å². The predicted octanol–water partition coefficient (Wildman–Crippen LogP) is 10.3. The lowest BCUT2D eigenvalue weighted by molar-refractivity contribution is 0.0896. The summed E-state index contributed by atoms with van der Waals surface area (Å²) in [6.07, 6.45) is 12.2. The SMILES string of the molecule is CN1CCC(c2cc3c(cc2Cl)ncn3C(=O)CCCc2ccccc2)CC1.CN1CCC(c2cc3ncn(C(=O)CCCc4ccccc4)c3cc2Cl)CC1. The van der Waals surface area contributed by atoms with E-state index in [0.717, 1.165) is 115 Å². The fourth-order valence-corrected chi connectivity index (χ4v) is 8.80. The highest BCUT2D eigenvalue weighted by atomic mass is 35.5. The van der Waals surface area contributed by atoms with Crippen LogP contribution in [0.25, 0.3) is 22.1 Å². The van der Waals surface area contributed by atoms with E-state index in [9.17, 15) is 9.59 Å². The maximum atomic E-state index is 12.8. The van der Waals surface area contributed by atoms with Crippen LogP contribution in [0.5, 0.6) is 0 Å². The van der Waals surface area contributed by atoms with Crippen LogP contribution in [0.4, 0.5) is 0 Å². The normalized spacial score (nSPS) is 15.9. The number of aryl methyl sites for hydroxylation is 2. The van der Waals surface area contributed by atoms with Crippen LogP contribution in [0.3, 0.4) is 0 Å². The Morgan fingerprint density at radius 2 is 1.00 bits per heavy atom. The largest absolute Gasteiger partial charge is 0.306 e. The van der Waals surface area contributed by atoms with Crippen LogP contribution in [0, 0.1) is 0 Å². The van der Waals surface area contributed by atoms with E-state index in [1.807, 2.05) is 48.5 Å². The van der Waals surface area contributed by atoms with Crippen molar-refractivity contribution < 1.29 is 9.59 Å². The van der Waals surface area contributed by atoms with E-state index < -0.39 is 0 Å². The molecule has 0 spiro atoms. The number of fused-ring (bicyclic) bond motifs is 2. The molecular formula is C46H52Cl2N6O2. The second-order valence-electron chi connectivity index (χ2n) is 15.6. The van der Waals surface area contributed by atoms with Gasteiger partial charge in [0.1, 0.15) is 12.7 Å². The first kappa shape index (κ1) is 39.9. The fraction of sp³-hybridized carbons (Fsp3) is 0.391. The molecule has 2 aliphatic heterocycles. The van der Waals surface area contributed by atoms with Gasteiger partial charge in [0.05, 0.1) is 22.1 Å². The van der Waals surface area contributed by atoms with Crippen molar-refractivity contribution in [1.82, 2.24) is 28.9 Å². The number of carbonyl (C=O) groups is 2. The molecule has 8 rings (SSSR count). The van der Waals surface area contributed by atoms with Gasteiger partial charge in [-0.2, -0.15) is 0 Å². The van der Waals surface area contributed by atoms with Gasteiger partial charge >= 0.3 is 0 Å². The molecule has 0 atom stereocenters. The summed E-state index contributed by atoms with van der Waals surface area (Å²) < 4.78 is 3.36. The number of benzene rings is 4. The van der Waals surface area contributed by atoms with E-state index in [4.69, 9.17) is 23.2 Å². The Morgan fingerprint density at radius 1 is 0.589 bits per heavy atom. The van der Waals surface area contributed by atoms with E-state index >= 15 is 0 Å². The van der Waals surface area contributed by atoms with Crippen LogP contribution in [0.15, 0.2) is 97.6 Å². The van der Waals surface area contributed by atoms with Crippen molar-refractivity contribution in [3.63, 3.8) is 0 Å². The molecule has 0 radical (unpaired) electrons. The van der Waals surface area contributed by atoms with Crippen molar-refractivity contribution in [3.05, 3.63) is 130 Å². The second-order valence-corrected chi connectivity index (χ2v) is 16.4. The minimum atomic E-state index is 0.0709. The third-order valence-corrected chi connectivity index (χ3v) is 12.2. The van der Waals surface area contributed by atoms with Gasteiger partial charge in [-0.1, -0.05) is 83.9 Å². The van der Waals surface area contributed by atoms with Gasteiger partial charge in [-0.3, -0.25) is 18.7 Å². The van der Waals surface area contributed by atoms with Gasteiger partial charge in [-0.25, -0.2) is 9.97 Å². The molecule has 0 amide bonds. The predicted molar refractivity (Wildman–Crippen MR) is 228 cm³/mol. The van der Waals surface area contributed by atoms with Crippen molar-refractivity contribution in [2.75, 3.05) is 40.3 Å². The van der Waals surface area contributed by atoms with Gasteiger partial charge in [0, 0.05) is 22.9 Å². The molecule has 2 fully saturated rings. The van der Waals surface area contributed by atoms with Crippen LogP contribution >= 0.6 is 23.2 Å². The first-order valence-corrected chi connectivity index (χ1v) is 20.8. The van der Waals surface area contributed by atoms with E-state index in [2.05, 4.69) is 70.3 Å². The number of hydrogen-bond donors (Lipinski definition) is 0. The highest BCUT2D eigenvalue weighted by Crippen LogP contribution is 2.36. The van der Waals surface area contributed by atoms with Gasteiger partial charge in [0.2, 0.25) is 11.8 Å². The Kier molecular flexibility index (Phi) is 13.3. The fourth-order valence-electron chi connectivity index (χ4n) is 8.17. The van der Waals surface area contributed by atoms with Crippen LogP contribution in [0.2, 0.25) is 10.0 Å². The Bertz CT molecular complexity index is 2240. The van der Waals surface area contributed by atoms with Crippen LogP contribution in [-0.2, 0) is 12.8 Å². The summed E-state index contributed by atoms with van der Waals surface area (Å²) in [5.74, 6) is 1.08. The lowest BCUT2D eigenvalue weighted by Crippen LogP contribution is -2.29. The number of nitrogens with zero attached hydrogens (tertiary/aromatic N) is 6. The third kappa shape index (κ3) is 9.78. The van der Waals surface area contributed by atoms with Gasteiger partial charge in [-0.15, -0.1) is 0 Å². The molecule has 10 heteroatoms. The molecule has 0 bridgehead atoms. The van der Waals surface area contributed by atoms with E-state index in [1.54, 1.807) is 21.8 Å². The average molecular weight is 792 g/mol. The number of likely N-dealkylation sites (tertiary alicyclic amines) is 2. The molecule has 4 heterocycles. The molecule has 6 aromatic rings. The number of piperidine rings is 2. The summed E-state index contributed by atoms with van der Waals surface area (Å²) in [4.78, 5) is 39.1. The zero-order chi connectivity index (χ0) is 39.0. The first-order chi connectivity index (χ1) is 27.2. The quantitative estimate of drug-likeness (QED) is 0.138. The summed E-state index contributed by atoms with van der Waals surface area (Å²) >= 11 is 13.2. The van der Waals surface area contributed by atoms with Gasteiger partial charge in [0.15, 0.2) is 0 Å². The number of aromatic nitrogens is 4. The first-order valence-electron chi connectivity index (χ1n) is 20.1. The monoisotopic (exact) mass is 790 g/mol. The third-order valence-electron chi connectivity index (χ3n) is 11.6. The standard InChI is InChI=1S/2C23H26ClN3O/c1-26-12-10-18(11-13-26)19-14-22-21(15-20(19)24)25-16-27(22)23(28)9-5-8-17-6-3-2-4-7-17;1-26-12-10-18(11-13-26)19-14-21-22(15-20(19)24)27(16-25-21)23(28)9-5-8-17-6-3-2-4-7-17/h2*2-4,6-7,14-16,18H,5,8-13H2,1H3. The highest BCUT2D eigenvalue weighted by molar-refractivity contribution is 6.32. The molecule has 56 heavy (non-hydrogen) atoms. The van der Waals surface area contributed by atoms with Gasteiger partial charge in [-0.05, 0) is 150 Å². The molecule has 0 N–H and O–H groups in total. The number of imidazole rings is 2. The Hall–Kier alpha value is -4.34. The molecular weight excluding hydrogens is 739 g/mol. The average Bonchev–Trinajstić information content (AvgIpc) is 3.82. The Labute approximate surface area is 340 Å². The molecule has 2 aliphatic rings. The van der Waals surface area contributed by atoms with Crippen LogP contribution in [0.1, 0.15) is 95.0 Å². The molecule has 292 valence electrons. The van der Waals surface area contributed by atoms with Gasteiger partial charge in [0.25, 0.3) is 0 Å². The van der Waals surface area contributed by atoms with E-state index in [-0.39, 0.29) is 11.8 Å². The molecule has 4 aromatic carbocycles. The minimum absolute atomic E-state index is 0.0709. The summed E-state index contributed by atoms with van der Waals surface area (Å²) in [5.41, 5.74) is 8.19. The lowest BCUT2D eigenvalue weighted by atomic mass is 9.89. The maximum absolute atomic E-state index is 12.8. The molecule has 2 aromatic heterocycles. The summed E-state index contributed by atoms with van der Waals surface area (Å²) in [6.45, 7) is 4.34. The molecule has 8 nitrogen and oxygen atoms in total. The number of carbonyl (C=O) groups excluding carboxylic acids is 2. The van der Waals surface area contributed by atoms with Crippen LogP contribution in [-0.4, -0.2) is 81.0 Å². The van der Waals surface area contributed by atoms with Crippen LogP contribution < -0.4 is 0 Å². The molecule has 2 saturated heterocycles. The van der Waals surface area contributed by atoms with Crippen molar-refractivity contribution >= 4 is 57.1 Å². The number of halogens is 2. The summed E-state index contributed by atoms with van der Waals surface area (Å²) in [6, 6.07) is 28.6. The zero-order valence-electron chi connectivity index (χ0n) is 32.5. The zero-order valence-corrected chi connectivity index (χ0v) is 34.1. The van der Waals surface area contributed by atoms with E-state index in [1.165, 1.54) is 16.7 Å². The van der Waals surface area contributed by atoms with Crippen molar-refractivity contribution in [2.45, 2.75) is 76.0 Å². The number of hydrogen-bond acceptors (Lipinski definition) is 6. The lowest BCUT2D eigenvalue weighted by Gasteiger charge is -2.29. The second kappa shape index (κ2) is 18.7. The van der Waals surface area contributed by atoms with Crippen molar-refractivity contribution in [1.29, 1.82) is 0 Å². The topological polar surface area (TPSA) is 76.3 Å².